The Morgan fingerprint density at radius 2 is 1.80 bits per heavy atom. The molecule has 82 valence electrons. The summed E-state index contributed by atoms with van der Waals surface area (Å²) in [6, 6.07) is 3.53. The highest BCUT2D eigenvalue weighted by Crippen LogP contribution is 2.34. The molecule has 0 aliphatic heterocycles. The second kappa shape index (κ2) is 5.59. The summed E-state index contributed by atoms with van der Waals surface area (Å²) in [6.45, 7) is 0. The summed E-state index contributed by atoms with van der Waals surface area (Å²) in [5.41, 5.74) is 1.45. The van der Waals surface area contributed by atoms with Gasteiger partial charge in [0, 0.05) is 20.0 Å². The Morgan fingerprint density at radius 3 is 2.20 bits per heavy atom. The van der Waals surface area contributed by atoms with Crippen LogP contribution in [-0.2, 0) is 5.88 Å². The predicted octanol–water partition coefficient (Wildman–Crippen LogP) is 3.95. The van der Waals surface area contributed by atoms with E-state index in [2.05, 4.69) is 4.99 Å². The fraction of sp³-hybridized carbons (Fsp3) is 0.300. The molecule has 15 heavy (non-hydrogen) atoms. The molecule has 1 aromatic carbocycles. The number of alkyl halides is 1. The van der Waals surface area contributed by atoms with E-state index >= 15 is 0 Å². The van der Waals surface area contributed by atoms with Crippen molar-refractivity contribution >= 4 is 46.8 Å². The van der Waals surface area contributed by atoms with Gasteiger partial charge in [0.2, 0.25) is 0 Å². The lowest BCUT2D eigenvalue weighted by Crippen LogP contribution is -2.07. The van der Waals surface area contributed by atoms with Crippen LogP contribution in [0.15, 0.2) is 17.1 Å². The van der Waals surface area contributed by atoms with E-state index in [1.165, 1.54) is 0 Å². The second-order valence-corrected chi connectivity index (χ2v) is 4.33. The molecule has 0 N–H and O–H groups in total. The van der Waals surface area contributed by atoms with Crippen LogP contribution in [0.4, 0.5) is 5.69 Å². The molecule has 0 atom stereocenters. The first-order chi connectivity index (χ1) is 7.04. The molecule has 0 bridgehead atoms. The largest absolute Gasteiger partial charge is 0.369 e. The third-order valence-electron chi connectivity index (χ3n) is 1.65. The van der Waals surface area contributed by atoms with E-state index < -0.39 is 0 Å². The third kappa shape index (κ3) is 3.56. The van der Waals surface area contributed by atoms with Crippen LogP contribution >= 0.6 is 34.8 Å². The van der Waals surface area contributed by atoms with E-state index in [4.69, 9.17) is 34.8 Å². The maximum Gasteiger partial charge on any atom is 0.102 e. The van der Waals surface area contributed by atoms with E-state index in [0.29, 0.717) is 21.6 Å². The Kier molecular flexibility index (Phi) is 4.71. The van der Waals surface area contributed by atoms with E-state index in [-0.39, 0.29) is 0 Å². The molecule has 0 radical (unpaired) electrons. The van der Waals surface area contributed by atoms with Crippen molar-refractivity contribution in [2.45, 2.75) is 5.88 Å². The summed E-state index contributed by atoms with van der Waals surface area (Å²) in [4.78, 5) is 5.98. The summed E-state index contributed by atoms with van der Waals surface area (Å²) in [5, 5.41) is 1.02. The molecule has 0 spiro atoms. The molecule has 0 heterocycles. The van der Waals surface area contributed by atoms with Gasteiger partial charge in [0.25, 0.3) is 0 Å². The molecule has 1 rings (SSSR count). The van der Waals surface area contributed by atoms with Gasteiger partial charge < -0.3 is 4.90 Å². The molecule has 1 aromatic rings. The number of hydrogen-bond acceptors (Lipinski definition) is 1. The van der Waals surface area contributed by atoms with Crippen LogP contribution in [-0.4, -0.2) is 25.3 Å². The summed E-state index contributed by atoms with van der Waals surface area (Å²) in [6.07, 6.45) is 1.65. The number of rotatable bonds is 3. The minimum Gasteiger partial charge on any atom is -0.369 e. The van der Waals surface area contributed by atoms with E-state index in [1.54, 1.807) is 18.5 Å². The number of hydrogen-bond donors (Lipinski definition) is 0. The quantitative estimate of drug-likeness (QED) is 0.459. The topological polar surface area (TPSA) is 15.6 Å². The van der Waals surface area contributed by atoms with E-state index in [0.717, 1.165) is 5.56 Å². The van der Waals surface area contributed by atoms with Crippen LogP contribution in [0.3, 0.4) is 0 Å². The van der Waals surface area contributed by atoms with Crippen LogP contribution < -0.4 is 0 Å². The van der Waals surface area contributed by atoms with Gasteiger partial charge in [-0.3, -0.25) is 0 Å². The van der Waals surface area contributed by atoms with Crippen molar-refractivity contribution in [2.75, 3.05) is 14.1 Å². The van der Waals surface area contributed by atoms with Crippen molar-refractivity contribution in [1.82, 2.24) is 4.90 Å². The van der Waals surface area contributed by atoms with E-state index in [9.17, 15) is 0 Å². The Morgan fingerprint density at radius 1 is 1.27 bits per heavy atom. The highest BCUT2D eigenvalue weighted by atomic mass is 35.5. The number of aliphatic imine (C=N–C) groups is 1. The fourth-order valence-corrected chi connectivity index (χ4v) is 1.78. The standard InChI is InChI=1S/C10H11Cl3N2/c1-15(2)6-14-10-8(12)3-7(5-11)4-9(10)13/h3-4,6H,5H2,1-2H3. The lowest BCUT2D eigenvalue weighted by Gasteiger charge is -2.06. The molecule has 0 fully saturated rings. The highest BCUT2D eigenvalue weighted by Gasteiger charge is 2.06. The molecule has 0 aliphatic rings. The highest BCUT2D eigenvalue weighted by molar-refractivity contribution is 6.39. The first-order valence-electron chi connectivity index (χ1n) is 4.29. The molecular formula is C10H11Cl3N2. The maximum atomic E-state index is 6.02. The van der Waals surface area contributed by atoms with Crippen molar-refractivity contribution in [3.8, 4) is 0 Å². The first-order valence-corrected chi connectivity index (χ1v) is 5.58. The molecule has 0 saturated carbocycles. The van der Waals surface area contributed by atoms with Crippen molar-refractivity contribution in [3.05, 3.63) is 27.7 Å². The van der Waals surface area contributed by atoms with Crippen LogP contribution in [0.25, 0.3) is 0 Å². The van der Waals surface area contributed by atoms with Gasteiger partial charge >= 0.3 is 0 Å². The Balaban J connectivity index is 3.08. The SMILES string of the molecule is CN(C)C=Nc1c(Cl)cc(CCl)cc1Cl. The smallest absolute Gasteiger partial charge is 0.102 e. The Labute approximate surface area is 104 Å². The molecular weight excluding hydrogens is 254 g/mol. The molecule has 0 amide bonds. The van der Waals surface area contributed by atoms with Gasteiger partial charge in [-0.05, 0) is 17.7 Å². The number of halogens is 3. The first kappa shape index (κ1) is 12.6. The van der Waals surface area contributed by atoms with Crippen molar-refractivity contribution in [2.24, 2.45) is 4.99 Å². The summed E-state index contributed by atoms with van der Waals surface area (Å²) >= 11 is 17.7. The van der Waals surface area contributed by atoms with E-state index in [1.807, 2.05) is 19.0 Å². The van der Waals surface area contributed by atoms with Gasteiger partial charge in [0.15, 0.2) is 0 Å². The molecule has 5 heteroatoms. The molecule has 0 saturated heterocycles. The van der Waals surface area contributed by atoms with Gasteiger partial charge in [-0.2, -0.15) is 0 Å². The normalized spacial score (nSPS) is 11.0. The van der Waals surface area contributed by atoms with Crippen LogP contribution in [0, 0.1) is 0 Å². The summed E-state index contributed by atoms with van der Waals surface area (Å²) < 4.78 is 0. The molecule has 0 aromatic heterocycles. The fourth-order valence-electron chi connectivity index (χ4n) is 0.992. The van der Waals surface area contributed by atoms with Gasteiger partial charge in [-0.15, -0.1) is 11.6 Å². The molecule has 0 aliphatic carbocycles. The maximum absolute atomic E-state index is 6.02. The third-order valence-corrected chi connectivity index (χ3v) is 2.53. The van der Waals surface area contributed by atoms with Crippen molar-refractivity contribution < 1.29 is 0 Å². The molecule has 2 nitrogen and oxygen atoms in total. The van der Waals surface area contributed by atoms with Gasteiger partial charge in [-0.25, -0.2) is 4.99 Å². The van der Waals surface area contributed by atoms with Crippen LogP contribution in [0.1, 0.15) is 5.56 Å². The Hall–Kier alpha value is -0.440. The van der Waals surface area contributed by atoms with Crippen molar-refractivity contribution in [3.63, 3.8) is 0 Å². The monoisotopic (exact) mass is 264 g/mol. The zero-order chi connectivity index (χ0) is 11.4. The zero-order valence-electron chi connectivity index (χ0n) is 8.47. The van der Waals surface area contributed by atoms with Gasteiger partial charge in [-0.1, -0.05) is 23.2 Å². The lowest BCUT2D eigenvalue weighted by molar-refractivity contribution is 0.643. The zero-order valence-corrected chi connectivity index (χ0v) is 10.7. The van der Waals surface area contributed by atoms with Gasteiger partial charge in [0.1, 0.15) is 5.69 Å². The number of nitrogens with zero attached hydrogens (tertiary/aromatic N) is 2. The summed E-state index contributed by atoms with van der Waals surface area (Å²) in [5.74, 6) is 0.386. The second-order valence-electron chi connectivity index (χ2n) is 3.25. The average molecular weight is 266 g/mol. The lowest BCUT2D eigenvalue weighted by atomic mass is 10.2. The predicted molar refractivity (Wildman–Crippen MR) is 67.9 cm³/mol. The summed E-state index contributed by atoms with van der Waals surface area (Å²) in [7, 11) is 3.75. The number of benzene rings is 1. The minimum absolute atomic E-state index is 0.386. The van der Waals surface area contributed by atoms with Crippen LogP contribution in [0.2, 0.25) is 10.0 Å². The van der Waals surface area contributed by atoms with Crippen molar-refractivity contribution in [1.29, 1.82) is 0 Å². The average Bonchev–Trinajstić information content (AvgIpc) is 2.15. The molecule has 0 unspecified atom stereocenters. The van der Waals surface area contributed by atoms with Gasteiger partial charge in [0.05, 0.1) is 16.4 Å². The minimum atomic E-state index is 0.386. The van der Waals surface area contributed by atoms with Crippen LogP contribution in [0.5, 0.6) is 0 Å². The Bertz CT molecular complexity index is 352.